The van der Waals surface area contributed by atoms with E-state index in [0.29, 0.717) is 0 Å². The van der Waals surface area contributed by atoms with Gasteiger partial charge in [-0.05, 0) is 29.3 Å². The number of aromatic nitrogens is 2. The Kier molecular flexibility index (Phi) is 6.94. The van der Waals surface area contributed by atoms with Crippen molar-refractivity contribution in [2.24, 2.45) is 0 Å². The van der Waals surface area contributed by atoms with Crippen molar-refractivity contribution in [1.82, 2.24) is 19.8 Å². The number of para-hydroxylation sites is 1. The molecule has 3 N–H and O–H groups in total. The Balaban J connectivity index is 0.000000353. The molecule has 1 saturated heterocycles. The number of rotatable bonds is 4. The van der Waals surface area contributed by atoms with Gasteiger partial charge in [0.25, 0.3) is 0 Å². The molecule has 0 aliphatic carbocycles. The average Bonchev–Trinajstić information content (AvgIpc) is 3.14. The first-order valence-corrected chi connectivity index (χ1v) is 9.38. The molecule has 0 amide bonds. The summed E-state index contributed by atoms with van der Waals surface area (Å²) >= 11 is 0. The summed E-state index contributed by atoms with van der Waals surface area (Å²) in [4.78, 5) is 30.7. The number of nitrogens with one attached hydrogen (secondary N) is 1. The van der Waals surface area contributed by atoms with E-state index in [4.69, 9.17) is 19.8 Å². The molecule has 0 spiro atoms. The van der Waals surface area contributed by atoms with Crippen LogP contribution in [0.2, 0.25) is 0 Å². The number of hydrogen-bond donors (Lipinski definition) is 3. The van der Waals surface area contributed by atoms with Crippen LogP contribution in [-0.4, -0.2) is 68.1 Å². The van der Waals surface area contributed by atoms with Gasteiger partial charge in [-0.2, -0.15) is 0 Å². The van der Waals surface area contributed by atoms with E-state index in [2.05, 4.69) is 62.4 Å². The van der Waals surface area contributed by atoms with E-state index in [9.17, 15) is 0 Å². The number of aromatic amines is 1. The number of fused-ring (bicyclic) bond motifs is 1. The van der Waals surface area contributed by atoms with Gasteiger partial charge in [-0.15, -0.1) is 0 Å². The van der Waals surface area contributed by atoms with E-state index >= 15 is 0 Å². The molecule has 0 bridgehead atoms. The summed E-state index contributed by atoms with van der Waals surface area (Å²) in [5.74, 6) is -3.65. The number of carboxylic acids is 2. The Labute approximate surface area is 168 Å². The van der Waals surface area contributed by atoms with Gasteiger partial charge in [-0.25, -0.2) is 9.59 Å². The van der Waals surface area contributed by atoms with E-state index in [1.165, 1.54) is 22.0 Å². The normalized spacial score (nSPS) is 14.9. The van der Waals surface area contributed by atoms with Crippen LogP contribution in [0.15, 0.2) is 55.0 Å². The quantitative estimate of drug-likeness (QED) is 0.579. The van der Waals surface area contributed by atoms with Gasteiger partial charge in [0.15, 0.2) is 0 Å². The lowest BCUT2D eigenvalue weighted by Gasteiger charge is -2.34. The van der Waals surface area contributed by atoms with Crippen LogP contribution >= 0.6 is 0 Å². The zero-order valence-corrected chi connectivity index (χ0v) is 16.0. The third-order valence-corrected chi connectivity index (χ3v) is 4.87. The molecule has 0 saturated carbocycles. The highest BCUT2D eigenvalue weighted by Crippen LogP contribution is 2.20. The molecule has 8 nitrogen and oxygen atoms in total. The Bertz CT molecular complexity index is 937. The number of hydrogen-bond acceptors (Lipinski definition) is 5. The monoisotopic (exact) mass is 396 g/mol. The van der Waals surface area contributed by atoms with Gasteiger partial charge in [-0.3, -0.25) is 14.8 Å². The van der Waals surface area contributed by atoms with Crippen molar-refractivity contribution < 1.29 is 19.8 Å². The molecule has 29 heavy (non-hydrogen) atoms. The second-order valence-electron chi connectivity index (χ2n) is 6.88. The van der Waals surface area contributed by atoms with Gasteiger partial charge in [-0.1, -0.05) is 18.2 Å². The van der Waals surface area contributed by atoms with Crippen molar-refractivity contribution >= 4 is 22.8 Å². The van der Waals surface area contributed by atoms with E-state index in [0.717, 1.165) is 39.3 Å². The minimum atomic E-state index is -1.82. The van der Waals surface area contributed by atoms with Gasteiger partial charge >= 0.3 is 11.9 Å². The number of pyridine rings is 1. The molecule has 1 fully saturated rings. The molecular formula is C21H24N4O4. The molecule has 8 heteroatoms. The minimum Gasteiger partial charge on any atom is -0.473 e. The number of aliphatic carboxylic acids is 2. The van der Waals surface area contributed by atoms with Gasteiger partial charge in [0.1, 0.15) is 0 Å². The SMILES string of the molecule is O=C(O)C(=O)O.c1ccc2c(CN3CCN(Cc4ccncc4)CC3)c[nH]c2c1. The Morgan fingerprint density at radius 2 is 1.48 bits per heavy atom. The highest BCUT2D eigenvalue weighted by Gasteiger charge is 2.18. The maximum Gasteiger partial charge on any atom is 0.414 e. The van der Waals surface area contributed by atoms with Crippen LogP contribution in [0.4, 0.5) is 0 Å². The zero-order valence-electron chi connectivity index (χ0n) is 16.0. The lowest BCUT2D eigenvalue weighted by atomic mass is 10.1. The average molecular weight is 396 g/mol. The maximum absolute atomic E-state index is 9.10. The van der Waals surface area contributed by atoms with E-state index in [1.54, 1.807) is 0 Å². The van der Waals surface area contributed by atoms with Gasteiger partial charge in [0, 0.05) is 68.8 Å². The predicted molar refractivity (Wildman–Crippen MR) is 108 cm³/mol. The highest BCUT2D eigenvalue weighted by atomic mass is 16.4. The van der Waals surface area contributed by atoms with Gasteiger partial charge in [0.05, 0.1) is 0 Å². The fourth-order valence-electron chi connectivity index (χ4n) is 3.36. The first-order valence-electron chi connectivity index (χ1n) is 9.38. The van der Waals surface area contributed by atoms with E-state index in [1.807, 2.05) is 12.4 Å². The number of nitrogens with zero attached hydrogens (tertiary/aromatic N) is 3. The molecule has 0 radical (unpaired) electrons. The number of carboxylic acid groups (broad SMARTS) is 2. The summed E-state index contributed by atoms with van der Waals surface area (Å²) < 4.78 is 0. The molecule has 1 aliphatic heterocycles. The van der Waals surface area contributed by atoms with Crippen LogP contribution in [0.1, 0.15) is 11.1 Å². The second kappa shape index (κ2) is 9.81. The molecule has 152 valence electrons. The highest BCUT2D eigenvalue weighted by molar-refractivity contribution is 6.27. The molecule has 1 aromatic carbocycles. The number of H-pyrrole nitrogens is 1. The van der Waals surface area contributed by atoms with Crippen LogP contribution in [0, 0.1) is 0 Å². The van der Waals surface area contributed by atoms with Crippen LogP contribution in [0.5, 0.6) is 0 Å². The summed E-state index contributed by atoms with van der Waals surface area (Å²) in [5.41, 5.74) is 3.99. The lowest BCUT2D eigenvalue weighted by Crippen LogP contribution is -2.45. The predicted octanol–water partition coefficient (Wildman–Crippen LogP) is 2.04. The standard InChI is InChI=1S/C19H22N4.C2H2O4/c1-2-4-19-18(3-1)17(13-21-19)15-23-11-9-22(10-12-23)14-16-5-7-20-8-6-16;3-1(4)2(5)6/h1-8,13,21H,9-12,14-15H2;(H,3,4)(H,5,6). The third-order valence-electron chi connectivity index (χ3n) is 4.87. The molecule has 3 heterocycles. The molecule has 3 aromatic rings. The summed E-state index contributed by atoms with van der Waals surface area (Å²) in [6.45, 7) is 6.58. The molecule has 2 aromatic heterocycles. The van der Waals surface area contributed by atoms with Crippen molar-refractivity contribution in [3.63, 3.8) is 0 Å². The van der Waals surface area contributed by atoms with Crippen LogP contribution < -0.4 is 0 Å². The van der Waals surface area contributed by atoms with Crippen LogP contribution in [-0.2, 0) is 22.7 Å². The lowest BCUT2D eigenvalue weighted by molar-refractivity contribution is -0.159. The first kappa shape index (κ1) is 20.5. The fourth-order valence-corrected chi connectivity index (χ4v) is 3.36. The Morgan fingerprint density at radius 1 is 0.897 bits per heavy atom. The first-order chi connectivity index (χ1) is 14.0. The Morgan fingerprint density at radius 3 is 2.10 bits per heavy atom. The fraction of sp³-hybridized carbons (Fsp3) is 0.286. The summed E-state index contributed by atoms with van der Waals surface area (Å²) in [5, 5.41) is 16.1. The van der Waals surface area contributed by atoms with Gasteiger partial charge < -0.3 is 15.2 Å². The van der Waals surface area contributed by atoms with Crippen molar-refractivity contribution in [3.05, 3.63) is 66.1 Å². The summed E-state index contributed by atoms with van der Waals surface area (Å²) in [6.07, 6.45) is 5.92. The number of piperazine rings is 1. The maximum atomic E-state index is 9.10. The minimum absolute atomic E-state index is 1.03. The van der Waals surface area contributed by atoms with E-state index in [-0.39, 0.29) is 0 Å². The zero-order chi connectivity index (χ0) is 20.6. The summed E-state index contributed by atoms with van der Waals surface area (Å²) in [7, 11) is 0. The molecule has 0 atom stereocenters. The summed E-state index contributed by atoms with van der Waals surface area (Å²) in [6, 6.07) is 12.8. The molecule has 0 unspecified atom stereocenters. The van der Waals surface area contributed by atoms with Crippen molar-refractivity contribution in [2.45, 2.75) is 13.1 Å². The van der Waals surface area contributed by atoms with Crippen LogP contribution in [0.3, 0.4) is 0 Å². The Hall–Kier alpha value is -3.23. The molecule has 4 rings (SSSR count). The van der Waals surface area contributed by atoms with Crippen molar-refractivity contribution in [2.75, 3.05) is 26.2 Å². The smallest absolute Gasteiger partial charge is 0.414 e. The third kappa shape index (κ3) is 5.87. The molecule has 1 aliphatic rings. The topological polar surface area (TPSA) is 110 Å². The largest absolute Gasteiger partial charge is 0.473 e. The van der Waals surface area contributed by atoms with Crippen molar-refractivity contribution in [1.29, 1.82) is 0 Å². The van der Waals surface area contributed by atoms with E-state index < -0.39 is 11.9 Å². The second-order valence-corrected chi connectivity index (χ2v) is 6.88. The number of carbonyl (C=O) groups is 2. The van der Waals surface area contributed by atoms with Crippen molar-refractivity contribution in [3.8, 4) is 0 Å². The molecular weight excluding hydrogens is 372 g/mol. The number of benzene rings is 1. The van der Waals surface area contributed by atoms with Gasteiger partial charge in [0.2, 0.25) is 0 Å². The van der Waals surface area contributed by atoms with Crippen LogP contribution in [0.25, 0.3) is 10.9 Å².